The highest BCUT2D eigenvalue weighted by atomic mass is 32.1. The lowest BCUT2D eigenvalue weighted by Gasteiger charge is -2.15. The average molecular weight is 328 g/mol. The van der Waals surface area contributed by atoms with Crippen LogP contribution in [0.25, 0.3) is 0 Å². The van der Waals surface area contributed by atoms with Crippen molar-refractivity contribution >= 4 is 17.2 Å². The Labute approximate surface area is 130 Å². The summed E-state index contributed by atoms with van der Waals surface area (Å²) in [4.78, 5) is 16.5. The van der Waals surface area contributed by atoms with Crippen molar-refractivity contribution in [2.75, 3.05) is 0 Å². The Morgan fingerprint density at radius 2 is 1.95 bits per heavy atom. The highest BCUT2D eigenvalue weighted by Crippen LogP contribution is 2.35. The Hall–Kier alpha value is -1.89. The molecule has 2 rings (SSSR count). The quantitative estimate of drug-likeness (QED) is 0.931. The van der Waals surface area contributed by atoms with E-state index < -0.39 is 23.2 Å². The van der Waals surface area contributed by atoms with E-state index in [0.29, 0.717) is 6.42 Å². The van der Waals surface area contributed by atoms with Crippen LogP contribution < -0.4 is 5.73 Å². The van der Waals surface area contributed by atoms with Crippen LogP contribution in [0.1, 0.15) is 37.1 Å². The molecule has 1 heterocycles. The van der Waals surface area contributed by atoms with E-state index in [-0.39, 0.29) is 12.0 Å². The molecule has 0 aliphatic carbocycles. The third-order valence-electron chi connectivity index (χ3n) is 3.32. The van der Waals surface area contributed by atoms with Crippen molar-refractivity contribution in [3.63, 3.8) is 0 Å². The number of aromatic nitrogens is 1. The minimum absolute atomic E-state index is 0.0780. The number of aryl methyl sites for hydroxylation is 4. The molecule has 1 aromatic heterocycles. The summed E-state index contributed by atoms with van der Waals surface area (Å²) in [5.41, 5.74) is 4.57. The van der Waals surface area contributed by atoms with Gasteiger partial charge in [0.05, 0.1) is 21.8 Å². The second-order valence-corrected chi connectivity index (χ2v) is 6.23. The number of amides is 1. The number of alkyl halides is 3. The zero-order valence-corrected chi connectivity index (χ0v) is 12.9. The largest absolute Gasteiger partial charge is 0.417 e. The SMILES string of the molecule is Cc1nc(C)c(CCc2cccc(C(N)=O)c2C(F)(F)F)s1. The number of nitrogens with zero attached hydrogens (tertiary/aromatic N) is 1. The number of carbonyl (C=O) groups excluding carboxylic acids is 1. The molecule has 22 heavy (non-hydrogen) atoms. The lowest BCUT2D eigenvalue weighted by Crippen LogP contribution is -2.21. The van der Waals surface area contributed by atoms with Crippen molar-refractivity contribution in [2.45, 2.75) is 32.9 Å². The number of halogens is 3. The molecule has 0 spiro atoms. The van der Waals surface area contributed by atoms with Crippen LogP contribution in [-0.2, 0) is 19.0 Å². The Balaban J connectivity index is 2.37. The second kappa shape index (κ2) is 6.08. The molecule has 2 aromatic rings. The van der Waals surface area contributed by atoms with E-state index in [0.717, 1.165) is 21.6 Å². The van der Waals surface area contributed by atoms with Crippen LogP contribution in [-0.4, -0.2) is 10.9 Å². The summed E-state index contributed by atoms with van der Waals surface area (Å²) in [6.45, 7) is 3.69. The Bertz CT molecular complexity index is 707. The molecular formula is C15H15F3N2OS. The first kappa shape index (κ1) is 16.5. The van der Waals surface area contributed by atoms with Crippen LogP contribution in [0.5, 0.6) is 0 Å². The maximum atomic E-state index is 13.3. The Morgan fingerprint density at radius 3 is 2.45 bits per heavy atom. The number of rotatable bonds is 4. The minimum Gasteiger partial charge on any atom is -0.366 e. The molecule has 0 saturated carbocycles. The summed E-state index contributed by atoms with van der Waals surface area (Å²) in [6.07, 6.45) is -3.99. The third kappa shape index (κ3) is 3.47. The normalized spacial score (nSPS) is 11.7. The molecule has 1 amide bonds. The number of benzene rings is 1. The fourth-order valence-electron chi connectivity index (χ4n) is 2.40. The topological polar surface area (TPSA) is 56.0 Å². The molecule has 1 aromatic carbocycles. The monoisotopic (exact) mass is 328 g/mol. The van der Waals surface area contributed by atoms with Gasteiger partial charge in [-0.25, -0.2) is 4.98 Å². The Kier molecular flexibility index (Phi) is 4.55. The summed E-state index contributed by atoms with van der Waals surface area (Å²) in [7, 11) is 0. The molecular weight excluding hydrogens is 313 g/mol. The molecule has 0 saturated heterocycles. The first-order valence-corrected chi connectivity index (χ1v) is 7.43. The summed E-state index contributed by atoms with van der Waals surface area (Å²) < 4.78 is 39.8. The number of carbonyl (C=O) groups is 1. The fraction of sp³-hybridized carbons (Fsp3) is 0.333. The van der Waals surface area contributed by atoms with E-state index in [1.165, 1.54) is 23.5 Å². The number of nitrogens with two attached hydrogens (primary N) is 1. The van der Waals surface area contributed by atoms with Crippen LogP contribution in [0.4, 0.5) is 13.2 Å². The van der Waals surface area contributed by atoms with Gasteiger partial charge in [-0.1, -0.05) is 12.1 Å². The van der Waals surface area contributed by atoms with Crippen LogP contribution >= 0.6 is 11.3 Å². The second-order valence-electron chi connectivity index (χ2n) is 4.94. The molecule has 0 aliphatic heterocycles. The van der Waals surface area contributed by atoms with Gasteiger partial charge in [-0.3, -0.25) is 4.79 Å². The first-order valence-electron chi connectivity index (χ1n) is 6.62. The maximum Gasteiger partial charge on any atom is 0.417 e. The van der Waals surface area contributed by atoms with Gasteiger partial charge in [0.2, 0.25) is 5.91 Å². The summed E-state index contributed by atoms with van der Waals surface area (Å²) in [5, 5.41) is 0.884. The van der Waals surface area contributed by atoms with E-state index in [1.54, 1.807) is 0 Å². The van der Waals surface area contributed by atoms with Gasteiger partial charge >= 0.3 is 6.18 Å². The van der Waals surface area contributed by atoms with Gasteiger partial charge in [0.15, 0.2) is 0 Å². The van der Waals surface area contributed by atoms with E-state index in [9.17, 15) is 18.0 Å². The van der Waals surface area contributed by atoms with E-state index in [1.807, 2.05) is 13.8 Å². The maximum absolute atomic E-state index is 13.3. The van der Waals surface area contributed by atoms with E-state index in [2.05, 4.69) is 4.98 Å². The van der Waals surface area contributed by atoms with Gasteiger partial charge < -0.3 is 5.73 Å². The summed E-state index contributed by atoms with van der Waals surface area (Å²) in [5.74, 6) is -1.07. The molecule has 3 nitrogen and oxygen atoms in total. The zero-order chi connectivity index (χ0) is 16.5. The molecule has 118 valence electrons. The molecule has 0 aliphatic rings. The number of primary amides is 1. The van der Waals surface area contributed by atoms with Crippen LogP contribution in [0.3, 0.4) is 0 Å². The molecule has 2 N–H and O–H groups in total. The van der Waals surface area contributed by atoms with Crippen molar-refractivity contribution in [1.29, 1.82) is 0 Å². The van der Waals surface area contributed by atoms with Gasteiger partial charge in [0.1, 0.15) is 0 Å². The first-order chi connectivity index (χ1) is 10.2. The number of hydrogen-bond donors (Lipinski definition) is 1. The van der Waals surface area contributed by atoms with Gasteiger partial charge in [-0.15, -0.1) is 11.3 Å². The third-order valence-corrected chi connectivity index (χ3v) is 4.45. The van der Waals surface area contributed by atoms with Crippen molar-refractivity contribution < 1.29 is 18.0 Å². The number of thiazole rings is 1. The van der Waals surface area contributed by atoms with Crippen LogP contribution in [0, 0.1) is 13.8 Å². The van der Waals surface area contributed by atoms with E-state index in [4.69, 9.17) is 5.73 Å². The standard InChI is InChI=1S/C15H15F3N2OS/c1-8-12(22-9(2)20-8)7-6-10-4-3-5-11(14(19)21)13(10)15(16,17)18/h3-5H,6-7H2,1-2H3,(H2,19,21). The smallest absolute Gasteiger partial charge is 0.366 e. The molecule has 0 radical (unpaired) electrons. The van der Waals surface area contributed by atoms with Crippen LogP contribution in [0.2, 0.25) is 0 Å². The number of hydrogen-bond acceptors (Lipinski definition) is 3. The van der Waals surface area contributed by atoms with E-state index >= 15 is 0 Å². The summed E-state index contributed by atoms with van der Waals surface area (Å²) in [6, 6.07) is 3.92. The molecule has 0 fully saturated rings. The summed E-state index contributed by atoms with van der Waals surface area (Å²) >= 11 is 1.47. The lowest BCUT2D eigenvalue weighted by molar-refractivity contribution is -0.138. The average Bonchev–Trinajstić information content (AvgIpc) is 2.73. The predicted molar refractivity (Wildman–Crippen MR) is 79.0 cm³/mol. The zero-order valence-electron chi connectivity index (χ0n) is 12.1. The predicted octanol–water partition coefficient (Wildman–Crippen LogP) is 3.66. The Morgan fingerprint density at radius 1 is 1.27 bits per heavy atom. The molecule has 0 atom stereocenters. The van der Waals surface area contributed by atoms with Gasteiger partial charge in [0.25, 0.3) is 0 Å². The van der Waals surface area contributed by atoms with Crippen molar-refractivity contribution in [2.24, 2.45) is 5.73 Å². The van der Waals surface area contributed by atoms with Crippen molar-refractivity contribution in [1.82, 2.24) is 4.98 Å². The highest BCUT2D eigenvalue weighted by molar-refractivity contribution is 7.11. The van der Waals surface area contributed by atoms with Gasteiger partial charge in [0, 0.05) is 4.88 Å². The molecule has 0 bridgehead atoms. The van der Waals surface area contributed by atoms with Gasteiger partial charge in [-0.05, 0) is 38.3 Å². The van der Waals surface area contributed by atoms with Crippen LogP contribution in [0.15, 0.2) is 18.2 Å². The molecule has 7 heteroatoms. The minimum atomic E-state index is -4.61. The van der Waals surface area contributed by atoms with Crippen molar-refractivity contribution in [3.05, 3.63) is 50.5 Å². The highest BCUT2D eigenvalue weighted by Gasteiger charge is 2.37. The molecule has 0 unspecified atom stereocenters. The lowest BCUT2D eigenvalue weighted by atomic mass is 9.96. The van der Waals surface area contributed by atoms with Gasteiger partial charge in [-0.2, -0.15) is 13.2 Å². The fourth-order valence-corrected chi connectivity index (χ4v) is 3.34. The van der Waals surface area contributed by atoms with Crippen molar-refractivity contribution in [3.8, 4) is 0 Å².